The molecule has 1 fully saturated rings. The number of hydrogen-bond donors (Lipinski definition) is 1. The summed E-state index contributed by atoms with van der Waals surface area (Å²) >= 11 is 0. The Bertz CT molecular complexity index is 900. The Labute approximate surface area is 150 Å². The van der Waals surface area contributed by atoms with Crippen molar-refractivity contribution in [1.82, 2.24) is 4.90 Å². The Kier molecular flexibility index (Phi) is 4.58. The fourth-order valence-electron chi connectivity index (χ4n) is 3.03. The van der Waals surface area contributed by atoms with E-state index < -0.39 is 30.2 Å². The number of aliphatic hydroxyl groups is 1. The smallest absolute Gasteiger partial charge is 0.295 e. The molecule has 1 aliphatic rings. The predicted molar refractivity (Wildman–Crippen MR) is 91.6 cm³/mol. The van der Waals surface area contributed by atoms with Crippen LogP contribution in [0.25, 0.3) is 5.76 Å². The van der Waals surface area contributed by atoms with E-state index in [1.165, 1.54) is 0 Å². The van der Waals surface area contributed by atoms with Gasteiger partial charge in [0.15, 0.2) is 0 Å². The van der Waals surface area contributed by atoms with E-state index in [2.05, 4.69) is 0 Å². The number of aryl methyl sites for hydroxylation is 1. The van der Waals surface area contributed by atoms with Crippen LogP contribution in [-0.4, -0.2) is 34.2 Å². The minimum atomic E-state index is -1.48. The highest BCUT2D eigenvalue weighted by Crippen LogP contribution is 2.38. The first kappa shape index (κ1) is 17.4. The second-order valence-electron chi connectivity index (χ2n) is 6.08. The van der Waals surface area contributed by atoms with E-state index in [0.717, 1.165) is 10.5 Å². The first-order chi connectivity index (χ1) is 12.4. The largest absolute Gasteiger partial charge is 0.548 e. The molecule has 3 rings (SSSR count). The number of aliphatic carboxylic acids is 1. The lowest BCUT2D eigenvalue weighted by atomic mass is 9.95. The van der Waals surface area contributed by atoms with Gasteiger partial charge in [-0.05, 0) is 12.5 Å². The Balaban J connectivity index is 2.18. The van der Waals surface area contributed by atoms with Gasteiger partial charge >= 0.3 is 0 Å². The van der Waals surface area contributed by atoms with E-state index in [1.807, 2.05) is 6.92 Å². The van der Waals surface area contributed by atoms with Crippen LogP contribution in [0.2, 0.25) is 0 Å². The molecule has 2 aromatic carbocycles. The maximum Gasteiger partial charge on any atom is 0.295 e. The van der Waals surface area contributed by atoms with Crippen molar-refractivity contribution in [2.75, 3.05) is 6.54 Å². The van der Waals surface area contributed by atoms with Gasteiger partial charge in [0.2, 0.25) is 0 Å². The maximum absolute atomic E-state index is 12.5. The summed E-state index contributed by atoms with van der Waals surface area (Å²) in [5.41, 5.74) is 1.74. The van der Waals surface area contributed by atoms with Gasteiger partial charge in [-0.3, -0.25) is 9.59 Å². The molecule has 6 heteroatoms. The molecule has 1 heterocycles. The average molecular weight is 350 g/mol. The van der Waals surface area contributed by atoms with Crippen LogP contribution in [0.3, 0.4) is 0 Å². The molecule has 0 aromatic heterocycles. The Morgan fingerprint density at radius 1 is 1.08 bits per heavy atom. The molecule has 2 aromatic rings. The van der Waals surface area contributed by atoms with E-state index in [0.29, 0.717) is 11.1 Å². The number of ketones is 1. The number of likely N-dealkylation sites (tertiary alicyclic amines) is 1. The van der Waals surface area contributed by atoms with Gasteiger partial charge in [-0.15, -0.1) is 0 Å². The third-order valence-corrected chi connectivity index (χ3v) is 4.28. The fraction of sp³-hybridized carbons (Fsp3) is 0.150. The molecule has 26 heavy (non-hydrogen) atoms. The van der Waals surface area contributed by atoms with Gasteiger partial charge in [-0.2, -0.15) is 0 Å². The van der Waals surface area contributed by atoms with Crippen LogP contribution >= 0.6 is 0 Å². The summed E-state index contributed by atoms with van der Waals surface area (Å²) in [6.45, 7) is 1.14. The minimum Gasteiger partial charge on any atom is -0.548 e. The molecule has 1 N–H and O–H groups in total. The normalized spacial score (nSPS) is 19.0. The lowest BCUT2D eigenvalue weighted by Gasteiger charge is -2.25. The molecule has 1 saturated heterocycles. The number of carbonyl (C=O) groups is 3. The van der Waals surface area contributed by atoms with Gasteiger partial charge < -0.3 is 19.9 Å². The number of rotatable bonds is 4. The summed E-state index contributed by atoms with van der Waals surface area (Å²) in [7, 11) is 0. The molecule has 1 amide bonds. The summed E-state index contributed by atoms with van der Waals surface area (Å²) in [6, 6.07) is 14.3. The van der Waals surface area contributed by atoms with Crippen LogP contribution in [-0.2, 0) is 14.4 Å². The van der Waals surface area contributed by atoms with Crippen molar-refractivity contribution >= 4 is 23.4 Å². The molecule has 0 aliphatic carbocycles. The van der Waals surface area contributed by atoms with Crippen LogP contribution in [0.15, 0.2) is 60.2 Å². The van der Waals surface area contributed by atoms with Crippen molar-refractivity contribution in [3.8, 4) is 0 Å². The Morgan fingerprint density at radius 2 is 1.69 bits per heavy atom. The topological polar surface area (TPSA) is 97.7 Å². The zero-order chi connectivity index (χ0) is 18.8. The lowest BCUT2D eigenvalue weighted by Crippen LogP contribution is -2.40. The first-order valence-electron chi connectivity index (χ1n) is 8.00. The summed E-state index contributed by atoms with van der Waals surface area (Å²) in [5.74, 6) is -3.71. The van der Waals surface area contributed by atoms with Crippen molar-refractivity contribution in [2.24, 2.45) is 0 Å². The zero-order valence-corrected chi connectivity index (χ0v) is 14.0. The summed E-state index contributed by atoms with van der Waals surface area (Å²) in [4.78, 5) is 36.9. The number of carbonyl (C=O) groups excluding carboxylic acids is 3. The highest BCUT2D eigenvalue weighted by Gasteiger charge is 2.45. The van der Waals surface area contributed by atoms with Gasteiger partial charge in [0.25, 0.3) is 11.7 Å². The third-order valence-electron chi connectivity index (χ3n) is 4.28. The van der Waals surface area contributed by atoms with Crippen LogP contribution in [0.1, 0.15) is 22.7 Å². The molecule has 0 unspecified atom stereocenters. The highest BCUT2D eigenvalue weighted by atomic mass is 16.4. The molecule has 1 atom stereocenters. The van der Waals surface area contributed by atoms with E-state index in [-0.39, 0.29) is 11.3 Å². The van der Waals surface area contributed by atoms with Gasteiger partial charge in [-0.25, -0.2) is 0 Å². The van der Waals surface area contributed by atoms with Gasteiger partial charge in [-0.1, -0.05) is 60.2 Å². The number of hydrogen-bond acceptors (Lipinski definition) is 5. The van der Waals surface area contributed by atoms with Crippen molar-refractivity contribution in [1.29, 1.82) is 0 Å². The second-order valence-corrected chi connectivity index (χ2v) is 6.08. The Morgan fingerprint density at radius 3 is 2.27 bits per heavy atom. The molecule has 1 aliphatic heterocycles. The summed E-state index contributed by atoms with van der Waals surface area (Å²) in [6.07, 6.45) is 0. The van der Waals surface area contributed by atoms with E-state index in [1.54, 1.807) is 54.6 Å². The van der Waals surface area contributed by atoms with E-state index in [9.17, 15) is 24.6 Å². The number of aliphatic hydroxyl groups excluding tert-OH is 1. The predicted octanol–water partition coefficient (Wildman–Crippen LogP) is 1.17. The molecular formula is C20H16NO5-. The summed E-state index contributed by atoms with van der Waals surface area (Å²) < 4.78 is 0. The standard InChI is InChI=1S/C20H17NO5/c1-12-7-9-14(10-8-12)18(24)16-17(13-5-3-2-4-6-13)21(11-15(22)23)20(26)19(16)25/h2-10,17,24H,11H2,1H3,(H,22,23)/p-1/t17-/m0/s1. The van der Waals surface area contributed by atoms with E-state index in [4.69, 9.17) is 0 Å². The van der Waals surface area contributed by atoms with Crippen molar-refractivity contribution in [2.45, 2.75) is 13.0 Å². The third kappa shape index (κ3) is 3.09. The summed E-state index contributed by atoms with van der Waals surface area (Å²) in [5, 5.41) is 21.8. The molecule has 0 radical (unpaired) electrons. The average Bonchev–Trinajstić information content (AvgIpc) is 2.87. The monoisotopic (exact) mass is 350 g/mol. The van der Waals surface area contributed by atoms with Crippen LogP contribution in [0, 0.1) is 6.92 Å². The number of Topliss-reactive ketones (excluding diaryl/α,β-unsaturated/α-hetero) is 1. The molecule has 0 saturated carbocycles. The van der Waals surface area contributed by atoms with Crippen molar-refractivity contribution in [3.05, 3.63) is 76.9 Å². The molecule has 6 nitrogen and oxygen atoms in total. The number of amides is 1. The second kappa shape index (κ2) is 6.84. The molecule has 0 bridgehead atoms. The molecular weight excluding hydrogens is 334 g/mol. The minimum absolute atomic E-state index is 0.133. The quantitative estimate of drug-likeness (QED) is 0.507. The van der Waals surface area contributed by atoms with Crippen molar-refractivity contribution < 1.29 is 24.6 Å². The zero-order valence-electron chi connectivity index (χ0n) is 14.0. The van der Waals surface area contributed by atoms with Crippen LogP contribution in [0.4, 0.5) is 0 Å². The van der Waals surface area contributed by atoms with E-state index >= 15 is 0 Å². The fourth-order valence-corrected chi connectivity index (χ4v) is 3.03. The SMILES string of the molecule is Cc1ccc(C(O)=C2C(=O)C(=O)N(CC(=O)[O-])[C@H]2c2ccccc2)cc1. The van der Waals surface area contributed by atoms with Crippen molar-refractivity contribution in [3.63, 3.8) is 0 Å². The molecule has 132 valence electrons. The first-order valence-corrected chi connectivity index (χ1v) is 8.00. The number of carboxylic acids is 1. The Hall–Kier alpha value is -3.41. The van der Waals surface area contributed by atoms with Crippen LogP contribution < -0.4 is 5.11 Å². The number of nitrogens with zero attached hydrogens (tertiary/aromatic N) is 1. The van der Waals surface area contributed by atoms with Crippen LogP contribution in [0.5, 0.6) is 0 Å². The van der Waals surface area contributed by atoms with Gasteiger partial charge in [0, 0.05) is 5.56 Å². The molecule has 0 spiro atoms. The highest BCUT2D eigenvalue weighted by molar-refractivity contribution is 6.46. The number of carboxylic acid groups (broad SMARTS) is 1. The van der Waals surface area contributed by atoms with Gasteiger partial charge in [0.05, 0.1) is 24.1 Å². The number of benzene rings is 2. The lowest BCUT2D eigenvalue weighted by molar-refractivity contribution is -0.306. The maximum atomic E-state index is 12.5. The van der Waals surface area contributed by atoms with Gasteiger partial charge in [0.1, 0.15) is 5.76 Å².